The fraction of sp³-hybridized carbons (Fsp3) is 0.133. The summed E-state index contributed by atoms with van der Waals surface area (Å²) in [6.45, 7) is 0. The number of anilines is 1. The Hall–Kier alpha value is -2.36. The van der Waals surface area contributed by atoms with Crippen LogP contribution in [0.1, 0.15) is 5.56 Å². The van der Waals surface area contributed by atoms with Crippen molar-refractivity contribution in [3.05, 3.63) is 59.9 Å². The molecule has 0 aliphatic heterocycles. The molecule has 19 heavy (non-hydrogen) atoms. The van der Waals surface area contributed by atoms with Crippen LogP contribution in [-0.4, -0.2) is 13.0 Å². The van der Waals surface area contributed by atoms with E-state index in [2.05, 4.69) is 5.32 Å². The highest BCUT2D eigenvalue weighted by Crippen LogP contribution is 2.17. The Bertz CT molecular complexity index is 584. The van der Waals surface area contributed by atoms with Gasteiger partial charge >= 0.3 is 0 Å². The number of benzene rings is 2. The van der Waals surface area contributed by atoms with Crippen LogP contribution in [0, 0.1) is 5.82 Å². The minimum absolute atomic E-state index is 0.134. The molecule has 4 heteroatoms. The van der Waals surface area contributed by atoms with Gasteiger partial charge < -0.3 is 10.1 Å². The summed E-state index contributed by atoms with van der Waals surface area (Å²) in [5, 5.41) is 2.74. The minimum Gasteiger partial charge on any atom is -0.497 e. The Morgan fingerprint density at radius 3 is 2.74 bits per heavy atom. The minimum atomic E-state index is -0.341. The van der Waals surface area contributed by atoms with Gasteiger partial charge in [0.25, 0.3) is 0 Å². The van der Waals surface area contributed by atoms with Gasteiger partial charge in [0.15, 0.2) is 0 Å². The molecule has 3 nitrogen and oxygen atoms in total. The summed E-state index contributed by atoms with van der Waals surface area (Å²) in [5.74, 6) is 0.133. The molecule has 0 unspecified atom stereocenters. The Kier molecular flexibility index (Phi) is 4.13. The first-order chi connectivity index (χ1) is 9.17. The molecule has 0 bridgehead atoms. The molecule has 1 amide bonds. The van der Waals surface area contributed by atoms with Crippen LogP contribution < -0.4 is 10.1 Å². The van der Waals surface area contributed by atoms with Crippen molar-refractivity contribution in [2.24, 2.45) is 0 Å². The molecule has 0 atom stereocenters. The van der Waals surface area contributed by atoms with Crippen LogP contribution in [0.4, 0.5) is 10.1 Å². The fourth-order valence-corrected chi connectivity index (χ4v) is 1.74. The molecule has 0 radical (unpaired) electrons. The van der Waals surface area contributed by atoms with Crippen molar-refractivity contribution in [2.75, 3.05) is 12.4 Å². The number of carbonyl (C=O) groups excluding carboxylic acids is 1. The van der Waals surface area contributed by atoms with Gasteiger partial charge in [-0.05, 0) is 29.8 Å². The zero-order chi connectivity index (χ0) is 13.7. The predicted molar refractivity (Wildman–Crippen MR) is 71.7 cm³/mol. The van der Waals surface area contributed by atoms with Crippen LogP contribution in [0.25, 0.3) is 0 Å². The molecule has 0 aliphatic rings. The zero-order valence-electron chi connectivity index (χ0n) is 10.5. The summed E-state index contributed by atoms with van der Waals surface area (Å²) < 4.78 is 18.1. The van der Waals surface area contributed by atoms with Gasteiger partial charge in [0, 0.05) is 11.8 Å². The van der Waals surface area contributed by atoms with Crippen molar-refractivity contribution < 1.29 is 13.9 Å². The van der Waals surface area contributed by atoms with Gasteiger partial charge in [-0.2, -0.15) is 0 Å². The highest BCUT2D eigenvalue weighted by atomic mass is 19.1. The van der Waals surface area contributed by atoms with Crippen molar-refractivity contribution in [3.8, 4) is 5.75 Å². The van der Waals surface area contributed by atoms with Crippen LogP contribution >= 0.6 is 0 Å². The van der Waals surface area contributed by atoms with E-state index >= 15 is 0 Å². The van der Waals surface area contributed by atoms with E-state index in [9.17, 15) is 9.18 Å². The average Bonchev–Trinajstić information content (AvgIpc) is 2.38. The van der Waals surface area contributed by atoms with Gasteiger partial charge in [0.1, 0.15) is 11.6 Å². The summed E-state index contributed by atoms with van der Waals surface area (Å²) in [4.78, 5) is 11.8. The van der Waals surface area contributed by atoms with Crippen LogP contribution in [0.3, 0.4) is 0 Å². The van der Waals surface area contributed by atoms with Gasteiger partial charge in [-0.25, -0.2) is 4.39 Å². The maximum absolute atomic E-state index is 13.0. The highest BCUT2D eigenvalue weighted by Gasteiger charge is 2.05. The first kappa shape index (κ1) is 13.1. The summed E-state index contributed by atoms with van der Waals surface area (Å²) >= 11 is 0. The third-order valence-electron chi connectivity index (χ3n) is 2.61. The molecule has 0 aromatic heterocycles. The van der Waals surface area contributed by atoms with E-state index in [1.54, 1.807) is 43.5 Å². The second kappa shape index (κ2) is 6.00. The lowest BCUT2D eigenvalue weighted by Gasteiger charge is -2.07. The molecular weight excluding hydrogens is 245 g/mol. The predicted octanol–water partition coefficient (Wildman–Crippen LogP) is 3.02. The smallest absolute Gasteiger partial charge is 0.228 e. The van der Waals surface area contributed by atoms with E-state index in [1.165, 1.54) is 12.1 Å². The number of amides is 1. The molecule has 0 heterocycles. The lowest BCUT2D eigenvalue weighted by Crippen LogP contribution is -2.14. The summed E-state index contributed by atoms with van der Waals surface area (Å²) in [7, 11) is 1.56. The van der Waals surface area contributed by atoms with Gasteiger partial charge in [0.2, 0.25) is 5.91 Å². The van der Waals surface area contributed by atoms with Gasteiger partial charge in [-0.1, -0.05) is 18.2 Å². The number of halogens is 1. The molecule has 0 spiro atoms. The first-order valence-electron chi connectivity index (χ1n) is 5.86. The topological polar surface area (TPSA) is 38.3 Å². The Balaban J connectivity index is 2.01. The third-order valence-corrected chi connectivity index (χ3v) is 2.61. The van der Waals surface area contributed by atoms with Gasteiger partial charge in [-0.3, -0.25) is 4.79 Å². The number of hydrogen-bond donors (Lipinski definition) is 1. The van der Waals surface area contributed by atoms with E-state index < -0.39 is 0 Å². The van der Waals surface area contributed by atoms with Crippen molar-refractivity contribution >= 4 is 11.6 Å². The Morgan fingerprint density at radius 1 is 1.21 bits per heavy atom. The number of methoxy groups -OCH3 is 1. The number of hydrogen-bond acceptors (Lipinski definition) is 2. The highest BCUT2D eigenvalue weighted by molar-refractivity contribution is 5.92. The quantitative estimate of drug-likeness (QED) is 0.916. The van der Waals surface area contributed by atoms with Crippen LogP contribution in [-0.2, 0) is 11.2 Å². The third kappa shape index (κ3) is 3.81. The zero-order valence-corrected chi connectivity index (χ0v) is 10.5. The summed E-state index contributed by atoms with van der Waals surface area (Å²) in [6.07, 6.45) is 0.134. The second-order valence-corrected chi connectivity index (χ2v) is 4.09. The lowest BCUT2D eigenvalue weighted by molar-refractivity contribution is -0.115. The molecule has 2 rings (SSSR count). The molecule has 2 aromatic rings. The summed E-state index contributed by atoms with van der Waals surface area (Å²) in [5.41, 5.74) is 1.29. The van der Waals surface area contributed by atoms with E-state index in [4.69, 9.17) is 4.74 Å². The van der Waals surface area contributed by atoms with Crippen molar-refractivity contribution in [1.29, 1.82) is 0 Å². The largest absolute Gasteiger partial charge is 0.497 e. The molecular formula is C15H14FNO2. The van der Waals surface area contributed by atoms with Gasteiger partial charge in [0.05, 0.1) is 13.5 Å². The van der Waals surface area contributed by atoms with E-state index in [-0.39, 0.29) is 18.1 Å². The molecule has 98 valence electrons. The maximum atomic E-state index is 13.0. The number of ether oxygens (including phenoxy) is 1. The van der Waals surface area contributed by atoms with Crippen LogP contribution in [0.5, 0.6) is 5.75 Å². The molecule has 0 saturated carbocycles. The monoisotopic (exact) mass is 259 g/mol. The number of rotatable bonds is 4. The maximum Gasteiger partial charge on any atom is 0.228 e. The van der Waals surface area contributed by atoms with E-state index in [1.807, 2.05) is 0 Å². The average molecular weight is 259 g/mol. The lowest BCUT2D eigenvalue weighted by atomic mass is 10.1. The summed E-state index contributed by atoms with van der Waals surface area (Å²) in [6, 6.07) is 13.1. The molecule has 0 saturated heterocycles. The van der Waals surface area contributed by atoms with Gasteiger partial charge in [-0.15, -0.1) is 0 Å². The first-order valence-corrected chi connectivity index (χ1v) is 5.86. The van der Waals surface area contributed by atoms with Crippen LogP contribution in [0.2, 0.25) is 0 Å². The molecule has 0 aliphatic carbocycles. The van der Waals surface area contributed by atoms with Crippen molar-refractivity contribution in [3.63, 3.8) is 0 Å². The number of nitrogens with one attached hydrogen (secondary N) is 1. The normalized spacial score (nSPS) is 10.0. The van der Waals surface area contributed by atoms with E-state index in [0.29, 0.717) is 17.0 Å². The van der Waals surface area contributed by atoms with Crippen molar-refractivity contribution in [1.82, 2.24) is 0 Å². The molecule has 0 fully saturated rings. The fourth-order valence-electron chi connectivity index (χ4n) is 1.74. The van der Waals surface area contributed by atoms with Crippen LogP contribution in [0.15, 0.2) is 48.5 Å². The molecule has 1 N–H and O–H groups in total. The Labute approximate surface area is 111 Å². The molecule has 2 aromatic carbocycles. The second-order valence-electron chi connectivity index (χ2n) is 4.09. The SMILES string of the molecule is COc1cccc(NC(=O)Cc2cccc(F)c2)c1. The van der Waals surface area contributed by atoms with E-state index in [0.717, 1.165) is 0 Å². The standard InChI is InChI=1S/C15H14FNO2/c1-19-14-7-3-6-13(10-14)17-15(18)9-11-4-2-5-12(16)8-11/h2-8,10H,9H2,1H3,(H,17,18). The van der Waals surface area contributed by atoms with Crippen molar-refractivity contribution in [2.45, 2.75) is 6.42 Å². The Morgan fingerprint density at radius 2 is 2.00 bits per heavy atom. The number of carbonyl (C=O) groups is 1.